The van der Waals surface area contributed by atoms with Gasteiger partial charge in [-0.2, -0.15) is 0 Å². The highest BCUT2D eigenvalue weighted by atomic mass is 16.5. The number of ether oxygens (including phenoxy) is 1. The Morgan fingerprint density at radius 1 is 1.62 bits per heavy atom. The van der Waals surface area contributed by atoms with Crippen molar-refractivity contribution in [1.29, 1.82) is 0 Å². The normalized spacial score (nSPS) is 10.6. The zero-order valence-electron chi connectivity index (χ0n) is 8.07. The summed E-state index contributed by atoms with van der Waals surface area (Å²) in [5.74, 6) is 0.986. The third-order valence-electron chi connectivity index (χ3n) is 1.87. The SMILES string of the molecule is CCn1ccnc1COCCCN. The fourth-order valence-electron chi connectivity index (χ4n) is 1.12. The van der Waals surface area contributed by atoms with Crippen molar-refractivity contribution in [2.75, 3.05) is 13.2 Å². The van der Waals surface area contributed by atoms with E-state index >= 15 is 0 Å². The number of hydrogen-bond acceptors (Lipinski definition) is 3. The first-order valence-electron chi connectivity index (χ1n) is 4.66. The van der Waals surface area contributed by atoms with E-state index in [1.54, 1.807) is 6.20 Å². The molecule has 0 unspecified atom stereocenters. The van der Waals surface area contributed by atoms with Crippen LogP contribution in [0.5, 0.6) is 0 Å². The van der Waals surface area contributed by atoms with Crippen LogP contribution in [0.3, 0.4) is 0 Å². The second-order valence-electron chi connectivity index (χ2n) is 2.82. The Labute approximate surface area is 78.7 Å². The summed E-state index contributed by atoms with van der Waals surface area (Å²) in [6.07, 6.45) is 4.67. The molecule has 1 rings (SSSR count). The predicted molar refractivity (Wildman–Crippen MR) is 51.2 cm³/mol. The van der Waals surface area contributed by atoms with Gasteiger partial charge < -0.3 is 15.0 Å². The molecule has 4 nitrogen and oxygen atoms in total. The van der Waals surface area contributed by atoms with E-state index in [1.165, 1.54) is 0 Å². The van der Waals surface area contributed by atoms with E-state index in [4.69, 9.17) is 10.5 Å². The summed E-state index contributed by atoms with van der Waals surface area (Å²) >= 11 is 0. The second kappa shape index (κ2) is 5.72. The quantitative estimate of drug-likeness (QED) is 0.663. The average molecular weight is 183 g/mol. The number of rotatable bonds is 6. The maximum atomic E-state index is 5.40. The maximum Gasteiger partial charge on any atom is 0.134 e. The van der Waals surface area contributed by atoms with Gasteiger partial charge in [-0.1, -0.05) is 0 Å². The van der Waals surface area contributed by atoms with Crippen LogP contribution in [0.2, 0.25) is 0 Å². The Morgan fingerprint density at radius 3 is 3.15 bits per heavy atom. The monoisotopic (exact) mass is 183 g/mol. The summed E-state index contributed by atoms with van der Waals surface area (Å²) < 4.78 is 7.47. The lowest BCUT2D eigenvalue weighted by Crippen LogP contribution is -2.07. The summed E-state index contributed by atoms with van der Waals surface area (Å²) in [6, 6.07) is 0. The summed E-state index contributed by atoms with van der Waals surface area (Å²) in [6.45, 7) is 5.01. The van der Waals surface area contributed by atoms with E-state index < -0.39 is 0 Å². The molecule has 74 valence electrons. The molecule has 0 aliphatic rings. The van der Waals surface area contributed by atoms with Crippen LogP contribution in [0.25, 0.3) is 0 Å². The molecule has 0 amide bonds. The van der Waals surface area contributed by atoms with Crippen molar-refractivity contribution in [3.05, 3.63) is 18.2 Å². The lowest BCUT2D eigenvalue weighted by Gasteiger charge is -2.05. The van der Waals surface area contributed by atoms with Crippen LogP contribution >= 0.6 is 0 Å². The molecule has 0 saturated carbocycles. The fourth-order valence-corrected chi connectivity index (χ4v) is 1.12. The number of aryl methyl sites for hydroxylation is 1. The van der Waals surface area contributed by atoms with Crippen molar-refractivity contribution < 1.29 is 4.74 Å². The Balaban J connectivity index is 2.27. The predicted octanol–water partition coefficient (Wildman–Crippen LogP) is 0.768. The van der Waals surface area contributed by atoms with Gasteiger partial charge in [-0.05, 0) is 19.9 Å². The second-order valence-corrected chi connectivity index (χ2v) is 2.82. The van der Waals surface area contributed by atoms with Gasteiger partial charge in [0.15, 0.2) is 0 Å². The van der Waals surface area contributed by atoms with Crippen LogP contribution in [0.4, 0.5) is 0 Å². The van der Waals surface area contributed by atoms with Gasteiger partial charge in [-0.25, -0.2) is 4.98 Å². The lowest BCUT2D eigenvalue weighted by atomic mass is 10.5. The lowest BCUT2D eigenvalue weighted by molar-refractivity contribution is 0.112. The van der Waals surface area contributed by atoms with Gasteiger partial charge in [0.25, 0.3) is 0 Å². The minimum absolute atomic E-state index is 0.584. The van der Waals surface area contributed by atoms with Crippen molar-refractivity contribution in [2.45, 2.75) is 26.5 Å². The topological polar surface area (TPSA) is 53.1 Å². The van der Waals surface area contributed by atoms with Crippen LogP contribution in [0.15, 0.2) is 12.4 Å². The molecular weight excluding hydrogens is 166 g/mol. The Morgan fingerprint density at radius 2 is 2.46 bits per heavy atom. The number of hydrogen-bond donors (Lipinski definition) is 1. The molecular formula is C9H17N3O. The van der Waals surface area contributed by atoms with E-state index in [0.717, 1.165) is 18.8 Å². The van der Waals surface area contributed by atoms with Crippen molar-refractivity contribution in [3.63, 3.8) is 0 Å². The molecule has 0 aromatic carbocycles. The molecule has 0 bridgehead atoms. The minimum atomic E-state index is 0.584. The molecule has 2 N–H and O–H groups in total. The van der Waals surface area contributed by atoms with Crippen LogP contribution in [0.1, 0.15) is 19.2 Å². The van der Waals surface area contributed by atoms with E-state index in [9.17, 15) is 0 Å². The molecule has 13 heavy (non-hydrogen) atoms. The van der Waals surface area contributed by atoms with E-state index in [1.807, 2.05) is 6.20 Å². The zero-order valence-corrected chi connectivity index (χ0v) is 8.07. The Bertz CT molecular complexity index is 235. The molecule has 0 radical (unpaired) electrons. The summed E-state index contributed by atoms with van der Waals surface area (Å²) in [4.78, 5) is 4.19. The van der Waals surface area contributed by atoms with Crippen molar-refractivity contribution in [3.8, 4) is 0 Å². The summed E-state index contributed by atoms with van der Waals surface area (Å²) in [5, 5.41) is 0. The number of nitrogens with two attached hydrogens (primary N) is 1. The van der Waals surface area contributed by atoms with Gasteiger partial charge in [-0.15, -0.1) is 0 Å². The van der Waals surface area contributed by atoms with Crippen molar-refractivity contribution in [2.24, 2.45) is 5.73 Å². The first-order chi connectivity index (χ1) is 6.38. The minimum Gasteiger partial charge on any atom is -0.373 e. The highest BCUT2D eigenvalue weighted by Crippen LogP contribution is 1.99. The van der Waals surface area contributed by atoms with E-state index in [0.29, 0.717) is 19.8 Å². The molecule has 4 heteroatoms. The van der Waals surface area contributed by atoms with Crippen molar-refractivity contribution >= 4 is 0 Å². The molecule has 0 saturated heterocycles. The van der Waals surface area contributed by atoms with Gasteiger partial charge in [-0.3, -0.25) is 0 Å². The Hall–Kier alpha value is -0.870. The number of imidazole rings is 1. The van der Waals surface area contributed by atoms with Crippen LogP contribution in [-0.2, 0) is 17.9 Å². The van der Waals surface area contributed by atoms with Gasteiger partial charge in [0.1, 0.15) is 12.4 Å². The fraction of sp³-hybridized carbons (Fsp3) is 0.667. The third-order valence-corrected chi connectivity index (χ3v) is 1.87. The number of aromatic nitrogens is 2. The van der Waals surface area contributed by atoms with Gasteiger partial charge >= 0.3 is 0 Å². The highest BCUT2D eigenvalue weighted by Gasteiger charge is 1.99. The summed E-state index contributed by atoms with van der Waals surface area (Å²) in [5.41, 5.74) is 5.34. The standard InChI is InChI=1S/C9H17N3O/c1-2-12-6-5-11-9(12)8-13-7-3-4-10/h5-6H,2-4,7-8,10H2,1H3. The molecule has 1 aromatic heterocycles. The average Bonchev–Trinajstić information content (AvgIpc) is 2.60. The van der Waals surface area contributed by atoms with E-state index in [2.05, 4.69) is 16.5 Å². The molecule has 1 aromatic rings. The van der Waals surface area contributed by atoms with Gasteiger partial charge in [0, 0.05) is 25.5 Å². The van der Waals surface area contributed by atoms with Crippen molar-refractivity contribution in [1.82, 2.24) is 9.55 Å². The molecule has 0 aliphatic carbocycles. The summed E-state index contributed by atoms with van der Waals surface area (Å²) in [7, 11) is 0. The first kappa shape index (κ1) is 10.2. The molecule has 1 heterocycles. The van der Waals surface area contributed by atoms with Gasteiger partial charge in [0.2, 0.25) is 0 Å². The van der Waals surface area contributed by atoms with Crippen LogP contribution < -0.4 is 5.73 Å². The first-order valence-corrected chi connectivity index (χ1v) is 4.66. The molecule has 0 spiro atoms. The third kappa shape index (κ3) is 3.16. The maximum absolute atomic E-state index is 5.40. The largest absolute Gasteiger partial charge is 0.373 e. The smallest absolute Gasteiger partial charge is 0.134 e. The molecule has 0 aliphatic heterocycles. The Kier molecular flexibility index (Phi) is 4.49. The number of nitrogens with zero attached hydrogens (tertiary/aromatic N) is 2. The highest BCUT2D eigenvalue weighted by molar-refractivity contribution is 4.89. The van der Waals surface area contributed by atoms with Crippen LogP contribution in [0, 0.1) is 0 Å². The van der Waals surface area contributed by atoms with Crippen LogP contribution in [-0.4, -0.2) is 22.7 Å². The van der Waals surface area contributed by atoms with Gasteiger partial charge in [0.05, 0.1) is 0 Å². The van der Waals surface area contributed by atoms with E-state index in [-0.39, 0.29) is 0 Å². The zero-order chi connectivity index (χ0) is 9.52. The molecule has 0 fully saturated rings. The molecule has 0 atom stereocenters.